The van der Waals surface area contributed by atoms with E-state index in [-0.39, 0.29) is 5.91 Å². The molecule has 2 aliphatic heterocycles. The third-order valence-corrected chi connectivity index (χ3v) is 4.59. The molecule has 1 aromatic carbocycles. The second-order valence-corrected chi connectivity index (χ2v) is 6.15. The van der Waals surface area contributed by atoms with Crippen LogP contribution in [0.2, 0.25) is 0 Å². The van der Waals surface area contributed by atoms with Gasteiger partial charge in [0.15, 0.2) is 11.5 Å². The summed E-state index contributed by atoms with van der Waals surface area (Å²) in [5.74, 6) is 2.37. The molecule has 1 saturated heterocycles. The number of hydrogen-bond donors (Lipinski definition) is 0. The van der Waals surface area contributed by atoms with Crippen molar-refractivity contribution >= 4 is 5.91 Å². The fourth-order valence-corrected chi connectivity index (χ4v) is 3.18. The van der Waals surface area contributed by atoms with Crippen LogP contribution < -0.4 is 9.47 Å². The van der Waals surface area contributed by atoms with E-state index in [0.717, 1.165) is 44.2 Å². The van der Waals surface area contributed by atoms with Crippen molar-refractivity contribution in [2.24, 2.45) is 0 Å². The molecule has 0 spiro atoms. The molecule has 2 aromatic rings. The zero-order valence-electron chi connectivity index (χ0n) is 13.7. The van der Waals surface area contributed by atoms with E-state index >= 15 is 0 Å². The van der Waals surface area contributed by atoms with E-state index in [9.17, 15) is 4.79 Å². The van der Waals surface area contributed by atoms with Gasteiger partial charge in [0.25, 0.3) is 5.91 Å². The van der Waals surface area contributed by atoms with Crippen molar-refractivity contribution in [1.82, 2.24) is 9.80 Å². The van der Waals surface area contributed by atoms with Crippen LogP contribution in [0.25, 0.3) is 0 Å². The average molecular weight is 328 g/mol. The number of rotatable bonds is 3. The van der Waals surface area contributed by atoms with Crippen molar-refractivity contribution in [2.75, 3.05) is 33.0 Å². The molecule has 6 heteroatoms. The molecule has 3 heterocycles. The molecular formula is C18H20N2O4. The highest BCUT2D eigenvalue weighted by atomic mass is 16.7. The molecule has 0 bridgehead atoms. The maximum absolute atomic E-state index is 12.5. The fourth-order valence-electron chi connectivity index (χ4n) is 3.18. The third kappa shape index (κ3) is 2.85. The Kier molecular flexibility index (Phi) is 3.90. The molecule has 2 aliphatic rings. The lowest BCUT2D eigenvalue weighted by Crippen LogP contribution is -2.48. The Balaban J connectivity index is 1.35. The molecular weight excluding hydrogens is 308 g/mol. The maximum atomic E-state index is 12.5. The van der Waals surface area contributed by atoms with Crippen LogP contribution in [0, 0.1) is 6.92 Å². The number of aryl methyl sites for hydroxylation is 1. The zero-order chi connectivity index (χ0) is 16.5. The largest absolute Gasteiger partial charge is 0.469 e. The van der Waals surface area contributed by atoms with Gasteiger partial charge in [-0.3, -0.25) is 9.69 Å². The van der Waals surface area contributed by atoms with Crippen molar-refractivity contribution < 1.29 is 18.7 Å². The van der Waals surface area contributed by atoms with Crippen LogP contribution in [-0.2, 0) is 6.54 Å². The molecule has 0 saturated carbocycles. The zero-order valence-corrected chi connectivity index (χ0v) is 13.7. The molecule has 1 aromatic heterocycles. The number of carbonyl (C=O) groups excluding carboxylic acids is 1. The van der Waals surface area contributed by atoms with Crippen molar-refractivity contribution in [3.8, 4) is 11.5 Å². The first-order chi connectivity index (χ1) is 11.7. The minimum absolute atomic E-state index is 0.0592. The monoisotopic (exact) mass is 328 g/mol. The lowest BCUT2D eigenvalue weighted by molar-refractivity contribution is 0.0627. The first kappa shape index (κ1) is 15.1. The molecule has 0 radical (unpaired) electrons. The Morgan fingerprint density at radius 3 is 2.62 bits per heavy atom. The molecule has 0 aliphatic carbocycles. The average Bonchev–Trinajstić information content (AvgIpc) is 3.23. The Morgan fingerprint density at radius 2 is 1.88 bits per heavy atom. The quantitative estimate of drug-likeness (QED) is 0.865. The molecule has 126 valence electrons. The smallest absolute Gasteiger partial charge is 0.257 e. The Hall–Kier alpha value is -2.47. The molecule has 0 N–H and O–H groups in total. The van der Waals surface area contributed by atoms with Gasteiger partial charge in [-0.2, -0.15) is 0 Å². The van der Waals surface area contributed by atoms with Crippen LogP contribution >= 0.6 is 0 Å². The Labute approximate surface area is 140 Å². The van der Waals surface area contributed by atoms with Crippen LogP contribution in [0.3, 0.4) is 0 Å². The highest BCUT2D eigenvalue weighted by Gasteiger charge is 2.24. The summed E-state index contributed by atoms with van der Waals surface area (Å²) < 4.78 is 16.0. The van der Waals surface area contributed by atoms with Crippen molar-refractivity contribution in [2.45, 2.75) is 13.5 Å². The van der Waals surface area contributed by atoms with Gasteiger partial charge in [0.1, 0.15) is 5.76 Å². The van der Waals surface area contributed by atoms with Crippen LogP contribution in [0.15, 0.2) is 34.9 Å². The molecule has 6 nitrogen and oxygen atoms in total. The summed E-state index contributed by atoms with van der Waals surface area (Å²) in [6.07, 6.45) is 1.57. The topological polar surface area (TPSA) is 55.2 Å². The highest BCUT2D eigenvalue weighted by Crippen LogP contribution is 2.32. The maximum Gasteiger partial charge on any atom is 0.257 e. The van der Waals surface area contributed by atoms with E-state index in [0.29, 0.717) is 18.1 Å². The lowest BCUT2D eigenvalue weighted by Gasteiger charge is -2.34. The van der Waals surface area contributed by atoms with Crippen molar-refractivity contribution in [3.05, 3.63) is 47.4 Å². The van der Waals surface area contributed by atoms with Gasteiger partial charge in [-0.05, 0) is 30.7 Å². The minimum Gasteiger partial charge on any atom is -0.469 e. The van der Waals surface area contributed by atoms with Crippen LogP contribution in [0.1, 0.15) is 21.7 Å². The van der Waals surface area contributed by atoms with Gasteiger partial charge in [0, 0.05) is 32.7 Å². The van der Waals surface area contributed by atoms with E-state index in [1.807, 2.05) is 24.0 Å². The summed E-state index contributed by atoms with van der Waals surface area (Å²) in [4.78, 5) is 16.7. The van der Waals surface area contributed by atoms with E-state index in [1.54, 1.807) is 12.3 Å². The summed E-state index contributed by atoms with van der Waals surface area (Å²) >= 11 is 0. The predicted molar refractivity (Wildman–Crippen MR) is 87.2 cm³/mol. The second kappa shape index (κ2) is 6.20. The SMILES string of the molecule is Cc1occc1C(=O)N1CCN(Cc2ccc3c(c2)OCO3)CC1. The number of carbonyl (C=O) groups is 1. The van der Waals surface area contributed by atoms with Crippen LogP contribution in [-0.4, -0.2) is 48.7 Å². The highest BCUT2D eigenvalue weighted by molar-refractivity contribution is 5.95. The minimum atomic E-state index is 0.0592. The van der Waals surface area contributed by atoms with Crippen LogP contribution in [0.4, 0.5) is 0 Å². The first-order valence-corrected chi connectivity index (χ1v) is 8.15. The Bertz CT molecular complexity index is 747. The standard InChI is InChI=1S/C18H20N2O4/c1-13-15(4-9-22-13)18(21)20-7-5-19(6-8-20)11-14-2-3-16-17(10-14)24-12-23-16/h2-4,9-10H,5-8,11-12H2,1H3. The normalized spacial score (nSPS) is 17.3. The van der Waals surface area contributed by atoms with E-state index in [4.69, 9.17) is 13.9 Å². The van der Waals surface area contributed by atoms with Crippen LogP contribution in [0.5, 0.6) is 11.5 Å². The van der Waals surface area contributed by atoms with Crippen molar-refractivity contribution in [3.63, 3.8) is 0 Å². The number of piperazine rings is 1. The number of amides is 1. The molecule has 24 heavy (non-hydrogen) atoms. The molecule has 1 fully saturated rings. The summed E-state index contributed by atoms with van der Waals surface area (Å²) in [6, 6.07) is 7.81. The molecule has 4 rings (SSSR count). The summed E-state index contributed by atoms with van der Waals surface area (Å²) in [7, 11) is 0. The first-order valence-electron chi connectivity index (χ1n) is 8.15. The molecule has 0 unspecified atom stereocenters. The molecule has 0 atom stereocenters. The fraction of sp³-hybridized carbons (Fsp3) is 0.389. The van der Waals surface area contributed by atoms with Gasteiger partial charge in [-0.1, -0.05) is 6.07 Å². The van der Waals surface area contributed by atoms with Gasteiger partial charge >= 0.3 is 0 Å². The second-order valence-electron chi connectivity index (χ2n) is 6.15. The Morgan fingerprint density at radius 1 is 1.08 bits per heavy atom. The number of ether oxygens (including phenoxy) is 2. The predicted octanol–water partition coefficient (Wildman–Crippen LogP) is 2.27. The lowest BCUT2D eigenvalue weighted by atomic mass is 10.1. The van der Waals surface area contributed by atoms with Gasteiger partial charge in [0.05, 0.1) is 11.8 Å². The van der Waals surface area contributed by atoms with Gasteiger partial charge < -0.3 is 18.8 Å². The summed E-state index contributed by atoms with van der Waals surface area (Å²) in [5.41, 5.74) is 1.86. The van der Waals surface area contributed by atoms with E-state index in [1.165, 1.54) is 5.56 Å². The van der Waals surface area contributed by atoms with E-state index < -0.39 is 0 Å². The van der Waals surface area contributed by atoms with Gasteiger partial charge in [0.2, 0.25) is 6.79 Å². The van der Waals surface area contributed by atoms with Gasteiger partial charge in [-0.15, -0.1) is 0 Å². The summed E-state index contributed by atoms with van der Waals surface area (Å²) in [6.45, 7) is 6.15. The van der Waals surface area contributed by atoms with Gasteiger partial charge in [-0.25, -0.2) is 0 Å². The molecule has 1 amide bonds. The number of hydrogen-bond acceptors (Lipinski definition) is 5. The number of furan rings is 1. The number of nitrogens with zero attached hydrogens (tertiary/aromatic N) is 2. The number of benzene rings is 1. The van der Waals surface area contributed by atoms with Crippen molar-refractivity contribution in [1.29, 1.82) is 0 Å². The summed E-state index contributed by atoms with van der Waals surface area (Å²) in [5, 5.41) is 0. The number of fused-ring (bicyclic) bond motifs is 1. The van der Waals surface area contributed by atoms with E-state index in [2.05, 4.69) is 11.0 Å². The third-order valence-electron chi connectivity index (χ3n) is 4.59.